The van der Waals surface area contributed by atoms with Gasteiger partial charge in [0.1, 0.15) is 18.2 Å². The molecular formula is C34H50FN3O5S. The third-order valence-electron chi connectivity index (χ3n) is 9.57. The lowest BCUT2D eigenvalue weighted by Gasteiger charge is -2.37. The van der Waals surface area contributed by atoms with Crippen molar-refractivity contribution < 1.29 is 27.1 Å². The molecule has 8 nitrogen and oxygen atoms in total. The molecule has 1 aliphatic carbocycles. The zero-order valence-corrected chi connectivity index (χ0v) is 28.0. The Kier molecular flexibility index (Phi) is 11.8. The summed E-state index contributed by atoms with van der Waals surface area (Å²) in [4.78, 5) is 15.2. The second-order valence-corrected chi connectivity index (χ2v) is 14.7. The molecule has 2 aromatic rings. The van der Waals surface area contributed by atoms with Gasteiger partial charge in [0.2, 0.25) is 15.9 Å². The number of nitrogens with one attached hydrogen (secondary N) is 1. The fourth-order valence-electron chi connectivity index (χ4n) is 7.12. The molecule has 1 saturated heterocycles. The molecule has 4 rings (SSSR count). The van der Waals surface area contributed by atoms with Crippen molar-refractivity contribution in [1.29, 1.82) is 0 Å². The predicted octanol–water partition coefficient (Wildman–Crippen LogP) is 5.54. The summed E-state index contributed by atoms with van der Waals surface area (Å²) in [5, 5.41) is 3.00. The number of amides is 1. The number of methoxy groups -OCH3 is 1. The maximum absolute atomic E-state index is 13.7. The van der Waals surface area contributed by atoms with E-state index in [1.807, 2.05) is 26.0 Å². The van der Waals surface area contributed by atoms with Gasteiger partial charge in [0.25, 0.3) is 0 Å². The first-order valence-corrected chi connectivity index (χ1v) is 17.3. The van der Waals surface area contributed by atoms with Gasteiger partial charge < -0.3 is 19.7 Å². The highest BCUT2D eigenvalue weighted by Crippen LogP contribution is 2.40. The SMILES string of the molecule is COc1cc(C)c(S(=O)(=O)N2CCCC(OCC(=O)NCCC3CCC(C(c4ccc(F)cc4)N(C)C)CC3)C2)c(C)c1C. The smallest absolute Gasteiger partial charge is 0.246 e. The summed E-state index contributed by atoms with van der Waals surface area (Å²) in [5.41, 5.74) is 3.33. The Balaban J connectivity index is 1.21. The van der Waals surface area contributed by atoms with Crippen LogP contribution in [0, 0.1) is 38.4 Å². The monoisotopic (exact) mass is 631 g/mol. The number of hydrogen-bond acceptors (Lipinski definition) is 6. The van der Waals surface area contributed by atoms with Crippen molar-refractivity contribution in [3.63, 3.8) is 0 Å². The lowest BCUT2D eigenvalue weighted by Crippen LogP contribution is -2.44. The minimum absolute atomic E-state index is 0.0762. The van der Waals surface area contributed by atoms with E-state index in [0.717, 1.165) is 43.2 Å². The first-order chi connectivity index (χ1) is 20.9. The van der Waals surface area contributed by atoms with Gasteiger partial charge >= 0.3 is 0 Å². The van der Waals surface area contributed by atoms with Crippen LogP contribution in [0.15, 0.2) is 35.2 Å². The molecule has 0 aromatic heterocycles. The number of halogens is 1. The Morgan fingerprint density at radius 3 is 2.39 bits per heavy atom. The van der Waals surface area contributed by atoms with Gasteiger partial charge in [-0.05, 0) is 119 Å². The van der Waals surface area contributed by atoms with Gasteiger partial charge in [-0.2, -0.15) is 4.31 Å². The van der Waals surface area contributed by atoms with Crippen LogP contribution in [0.1, 0.15) is 73.2 Å². The zero-order valence-electron chi connectivity index (χ0n) is 27.2. The molecule has 2 unspecified atom stereocenters. The molecule has 2 atom stereocenters. The van der Waals surface area contributed by atoms with Crippen LogP contribution in [-0.2, 0) is 19.6 Å². The fourth-order valence-corrected chi connectivity index (χ4v) is 9.12. The van der Waals surface area contributed by atoms with Gasteiger partial charge in [-0.25, -0.2) is 12.8 Å². The van der Waals surface area contributed by atoms with Gasteiger partial charge in [0.15, 0.2) is 0 Å². The number of rotatable bonds is 12. The summed E-state index contributed by atoms with van der Waals surface area (Å²) >= 11 is 0. The van der Waals surface area contributed by atoms with Gasteiger partial charge in [-0.15, -0.1) is 0 Å². The molecule has 0 bridgehead atoms. The molecule has 2 aliphatic rings. The van der Waals surface area contributed by atoms with Gasteiger partial charge in [-0.1, -0.05) is 25.0 Å². The van der Waals surface area contributed by atoms with Crippen LogP contribution in [0.5, 0.6) is 5.75 Å². The molecule has 2 fully saturated rings. The van der Waals surface area contributed by atoms with Crippen LogP contribution in [0.3, 0.4) is 0 Å². The molecule has 1 heterocycles. The first-order valence-electron chi connectivity index (χ1n) is 15.9. The normalized spacial score (nSPS) is 22.1. The number of piperidine rings is 1. The van der Waals surface area contributed by atoms with Crippen LogP contribution in [0.2, 0.25) is 0 Å². The van der Waals surface area contributed by atoms with Crippen molar-refractivity contribution in [2.24, 2.45) is 11.8 Å². The summed E-state index contributed by atoms with van der Waals surface area (Å²) in [7, 11) is 2.04. The molecule has 2 aromatic carbocycles. The van der Waals surface area contributed by atoms with Crippen molar-refractivity contribution in [3.8, 4) is 5.75 Å². The molecule has 1 saturated carbocycles. The molecular weight excluding hydrogens is 581 g/mol. The highest BCUT2D eigenvalue weighted by atomic mass is 32.2. The average molecular weight is 632 g/mol. The van der Waals surface area contributed by atoms with E-state index in [1.165, 1.54) is 4.31 Å². The molecule has 0 spiro atoms. The zero-order chi connectivity index (χ0) is 32.0. The largest absolute Gasteiger partial charge is 0.496 e. The lowest BCUT2D eigenvalue weighted by molar-refractivity contribution is -0.128. The van der Waals surface area contributed by atoms with E-state index < -0.39 is 10.0 Å². The van der Waals surface area contributed by atoms with Crippen molar-refractivity contribution >= 4 is 15.9 Å². The number of nitrogens with zero attached hydrogens (tertiary/aromatic N) is 2. The maximum Gasteiger partial charge on any atom is 0.246 e. The van der Waals surface area contributed by atoms with Crippen LogP contribution in [0.25, 0.3) is 0 Å². The van der Waals surface area contributed by atoms with Gasteiger partial charge in [0, 0.05) is 25.7 Å². The lowest BCUT2D eigenvalue weighted by atomic mass is 9.75. The van der Waals surface area contributed by atoms with Crippen molar-refractivity contribution in [1.82, 2.24) is 14.5 Å². The van der Waals surface area contributed by atoms with E-state index in [1.54, 1.807) is 32.2 Å². The van der Waals surface area contributed by atoms with E-state index in [-0.39, 0.29) is 37.0 Å². The van der Waals surface area contributed by atoms with Crippen LogP contribution < -0.4 is 10.1 Å². The second kappa shape index (κ2) is 15.2. The Hall–Kier alpha value is -2.53. The molecule has 44 heavy (non-hydrogen) atoms. The molecule has 0 radical (unpaired) electrons. The van der Waals surface area contributed by atoms with Gasteiger partial charge in [0.05, 0.1) is 18.1 Å². The Morgan fingerprint density at radius 1 is 1.07 bits per heavy atom. The highest BCUT2D eigenvalue weighted by molar-refractivity contribution is 7.89. The summed E-state index contributed by atoms with van der Waals surface area (Å²) in [5.74, 6) is 1.39. The standard InChI is InChI=1S/C34H50FN3O5S/c1-23-20-31(42-6)24(2)25(3)34(23)44(40,41)38-19-7-8-30(21-38)43-22-32(39)36-18-17-26-9-11-27(12-10-26)33(37(4)5)28-13-15-29(35)16-14-28/h13-16,20,26-27,30,33H,7-12,17-19,21-22H2,1-6H3,(H,36,39). The first kappa shape index (κ1) is 34.3. The summed E-state index contributed by atoms with van der Waals surface area (Å²) in [6, 6.07) is 8.93. The van der Waals surface area contributed by atoms with E-state index in [2.05, 4.69) is 24.3 Å². The van der Waals surface area contributed by atoms with E-state index in [0.29, 0.717) is 59.5 Å². The van der Waals surface area contributed by atoms with Crippen LogP contribution >= 0.6 is 0 Å². The second-order valence-electron chi connectivity index (χ2n) is 12.8. The third-order valence-corrected chi connectivity index (χ3v) is 11.7. The van der Waals surface area contributed by atoms with E-state index in [9.17, 15) is 17.6 Å². The molecule has 1 N–H and O–H groups in total. The summed E-state index contributed by atoms with van der Waals surface area (Å²) < 4.78 is 53.6. The molecule has 10 heteroatoms. The number of ether oxygens (including phenoxy) is 2. The Morgan fingerprint density at radius 2 is 1.75 bits per heavy atom. The number of carbonyl (C=O) groups is 1. The fraction of sp³-hybridized carbons (Fsp3) is 0.618. The number of hydrogen-bond donors (Lipinski definition) is 1. The summed E-state index contributed by atoms with van der Waals surface area (Å²) in [6.07, 6.45) is 6.44. The average Bonchev–Trinajstić information content (AvgIpc) is 2.99. The Labute approximate surface area is 263 Å². The molecule has 1 aliphatic heterocycles. The van der Waals surface area contributed by atoms with Crippen LogP contribution in [0.4, 0.5) is 4.39 Å². The number of aryl methyl sites for hydroxylation is 1. The van der Waals surface area contributed by atoms with Gasteiger partial charge in [-0.3, -0.25) is 4.79 Å². The van der Waals surface area contributed by atoms with E-state index >= 15 is 0 Å². The minimum Gasteiger partial charge on any atom is -0.496 e. The molecule has 1 amide bonds. The van der Waals surface area contributed by atoms with Crippen molar-refractivity contribution in [2.45, 2.75) is 82.8 Å². The molecule has 244 valence electrons. The Bertz CT molecular complexity index is 1370. The van der Waals surface area contributed by atoms with Crippen LogP contribution in [-0.4, -0.2) is 77.1 Å². The van der Waals surface area contributed by atoms with E-state index in [4.69, 9.17) is 9.47 Å². The number of benzene rings is 2. The van der Waals surface area contributed by atoms with Crippen molar-refractivity contribution in [2.75, 3.05) is 47.4 Å². The topological polar surface area (TPSA) is 88.2 Å². The van der Waals surface area contributed by atoms with Crippen molar-refractivity contribution in [3.05, 3.63) is 58.4 Å². The number of carbonyl (C=O) groups excluding carboxylic acids is 1. The minimum atomic E-state index is -3.72. The predicted molar refractivity (Wildman–Crippen MR) is 171 cm³/mol. The highest BCUT2D eigenvalue weighted by Gasteiger charge is 2.34. The summed E-state index contributed by atoms with van der Waals surface area (Å²) in [6.45, 7) is 6.67. The number of sulfonamides is 1. The maximum atomic E-state index is 13.7. The quantitative estimate of drug-likeness (QED) is 0.331. The third kappa shape index (κ3) is 8.19.